The third kappa shape index (κ3) is 3.37. The maximum Gasteiger partial charge on any atom is 0.106 e. The van der Waals surface area contributed by atoms with Crippen LogP contribution in [0.1, 0.15) is 34.1 Å². The Morgan fingerprint density at radius 3 is 2.70 bits per heavy atom. The zero-order valence-corrected chi connectivity index (χ0v) is 14.7. The summed E-state index contributed by atoms with van der Waals surface area (Å²) in [6, 6.07) is 6.01. The largest absolute Gasteiger partial charge is 0.389 e. The lowest BCUT2D eigenvalue weighted by atomic mass is 10.1. The van der Waals surface area contributed by atoms with Crippen LogP contribution in [-0.2, 0) is 0 Å². The van der Waals surface area contributed by atoms with Crippen molar-refractivity contribution < 1.29 is 0 Å². The number of halogens is 1. The van der Waals surface area contributed by atoms with Crippen LogP contribution in [-0.4, -0.2) is 9.97 Å². The van der Waals surface area contributed by atoms with Gasteiger partial charge in [0.05, 0.1) is 16.7 Å². The first-order chi connectivity index (χ1) is 9.38. The number of anilines is 1. The van der Waals surface area contributed by atoms with E-state index in [-0.39, 0.29) is 6.04 Å². The van der Waals surface area contributed by atoms with Gasteiger partial charge >= 0.3 is 0 Å². The highest BCUT2D eigenvalue weighted by atomic mass is 79.9. The molecular formula is C14H16BrN3S2. The second kappa shape index (κ2) is 6.20. The maximum atomic E-state index is 5.78. The number of nitrogens with zero attached hydrogens (tertiary/aromatic N) is 1. The number of aromatic nitrogens is 1. The number of nitrogens with two attached hydrogens (primary N) is 1. The Morgan fingerprint density at radius 2 is 2.15 bits per heavy atom. The van der Waals surface area contributed by atoms with Crippen molar-refractivity contribution in [3.8, 4) is 0 Å². The highest BCUT2D eigenvalue weighted by molar-refractivity contribution is 9.10. The van der Waals surface area contributed by atoms with Gasteiger partial charge in [-0.15, -0.1) is 11.3 Å². The van der Waals surface area contributed by atoms with Crippen molar-refractivity contribution >= 4 is 50.2 Å². The summed E-state index contributed by atoms with van der Waals surface area (Å²) in [7, 11) is 0. The number of hydrogen-bond acceptors (Lipinski definition) is 4. The highest BCUT2D eigenvalue weighted by Gasteiger charge is 2.15. The summed E-state index contributed by atoms with van der Waals surface area (Å²) in [6.07, 6.45) is 0. The lowest BCUT2D eigenvalue weighted by Crippen LogP contribution is -2.15. The molecule has 0 spiro atoms. The van der Waals surface area contributed by atoms with Crippen LogP contribution in [0.5, 0.6) is 0 Å². The van der Waals surface area contributed by atoms with Crippen molar-refractivity contribution in [2.24, 2.45) is 5.73 Å². The molecule has 0 saturated heterocycles. The molecule has 0 bridgehead atoms. The minimum absolute atomic E-state index is 0.156. The summed E-state index contributed by atoms with van der Waals surface area (Å²) in [5, 5.41) is 4.55. The van der Waals surface area contributed by atoms with Crippen molar-refractivity contribution in [1.29, 1.82) is 0 Å². The number of benzene rings is 1. The predicted molar refractivity (Wildman–Crippen MR) is 93.7 cm³/mol. The number of hydrogen-bond donors (Lipinski definition) is 2. The minimum Gasteiger partial charge on any atom is -0.389 e. The second-order valence-electron chi connectivity index (χ2n) is 4.60. The average molecular weight is 370 g/mol. The zero-order chi connectivity index (χ0) is 14.9. The predicted octanol–water partition coefficient (Wildman–Crippen LogP) is 4.33. The Hall–Kier alpha value is -0.980. The van der Waals surface area contributed by atoms with E-state index >= 15 is 0 Å². The van der Waals surface area contributed by atoms with Gasteiger partial charge in [0.2, 0.25) is 0 Å². The molecule has 0 aliphatic rings. The molecule has 6 heteroatoms. The van der Waals surface area contributed by atoms with E-state index in [1.807, 2.05) is 32.0 Å². The van der Waals surface area contributed by atoms with Crippen LogP contribution < -0.4 is 11.1 Å². The Labute approximate surface area is 136 Å². The normalized spacial score (nSPS) is 12.2. The quantitative estimate of drug-likeness (QED) is 0.787. The molecule has 106 valence electrons. The van der Waals surface area contributed by atoms with Crippen molar-refractivity contribution in [2.45, 2.75) is 26.8 Å². The molecule has 0 saturated carbocycles. The molecule has 1 aromatic carbocycles. The summed E-state index contributed by atoms with van der Waals surface area (Å²) in [5.41, 5.74) is 8.64. The monoisotopic (exact) mass is 369 g/mol. The first-order valence-corrected chi connectivity index (χ1v) is 8.20. The summed E-state index contributed by atoms with van der Waals surface area (Å²) >= 11 is 10.3. The van der Waals surface area contributed by atoms with E-state index in [0.717, 1.165) is 26.4 Å². The maximum absolute atomic E-state index is 5.78. The van der Waals surface area contributed by atoms with Crippen LogP contribution in [0, 0.1) is 13.8 Å². The molecule has 1 unspecified atom stereocenters. The van der Waals surface area contributed by atoms with Gasteiger partial charge < -0.3 is 11.1 Å². The molecule has 2 rings (SSSR count). The van der Waals surface area contributed by atoms with Gasteiger partial charge in [0, 0.05) is 20.6 Å². The van der Waals surface area contributed by atoms with Crippen molar-refractivity contribution in [3.05, 3.63) is 43.8 Å². The van der Waals surface area contributed by atoms with Crippen molar-refractivity contribution in [2.75, 3.05) is 5.32 Å². The summed E-state index contributed by atoms with van der Waals surface area (Å²) in [6.45, 7) is 6.17. The zero-order valence-electron chi connectivity index (χ0n) is 11.5. The van der Waals surface area contributed by atoms with Gasteiger partial charge in [0.15, 0.2) is 0 Å². The fourth-order valence-electron chi connectivity index (χ4n) is 2.10. The molecule has 1 heterocycles. The summed E-state index contributed by atoms with van der Waals surface area (Å²) in [4.78, 5) is 6.09. The molecule has 0 amide bonds. The number of aryl methyl sites for hydroxylation is 2. The van der Waals surface area contributed by atoms with E-state index in [9.17, 15) is 0 Å². The van der Waals surface area contributed by atoms with Gasteiger partial charge in [-0.2, -0.15) is 0 Å². The standard InChI is InChI=1S/C14H16BrN3S2/c1-7-13(20-9(3)17-7)8(2)18-12-6-10(15)4-5-11(12)14(16)19/h4-6,8,18H,1-3H3,(H2,16,19). The molecule has 0 aliphatic carbocycles. The number of thiazole rings is 1. The number of rotatable bonds is 4. The van der Waals surface area contributed by atoms with Crippen molar-refractivity contribution in [1.82, 2.24) is 4.98 Å². The smallest absolute Gasteiger partial charge is 0.106 e. The molecule has 3 nitrogen and oxygen atoms in total. The minimum atomic E-state index is 0.156. The summed E-state index contributed by atoms with van der Waals surface area (Å²) in [5.74, 6) is 0. The fraction of sp³-hybridized carbons (Fsp3) is 0.286. The lowest BCUT2D eigenvalue weighted by molar-refractivity contribution is 0.889. The van der Waals surface area contributed by atoms with Gasteiger partial charge in [-0.25, -0.2) is 4.98 Å². The molecule has 2 aromatic rings. The van der Waals surface area contributed by atoms with Crippen LogP contribution in [0.2, 0.25) is 0 Å². The third-order valence-electron chi connectivity index (χ3n) is 2.95. The molecule has 3 N–H and O–H groups in total. The van der Waals surface area contributed by atoms with E-state index in [4.69, 9.17) is 18.0 Å². The van der Waals surface area contributed by atoms with Gasteiger partial charge in [-0.05, 0) is 39.0 Å². The third-order valence-corrected chi connectivity index (χ3v) is 4.92. The topological polar surface area (TPSA) is 50.9 Å². The van der Waals surface area contributed by atoms with Crippen LogP contribution in [0.4, 0.5) is 5.69 Å². The van der Waals surface area contributed by atoms with E-state index < -0.39 is 0 Å². The Bertz CT molecular complexity index is 652. The molecule has 0 aliphatic heterocycles. The van der Waals surface area contributed by atoms with Gasteiger partial charge in [0.1, 0.15) is 4.99 Å². The SMILES string of the molecule is Cc1nc(C)c(C(C)Nc2cc(Br)ccc2C(N)=S)s1. The van der Waals surface area contributed by atoms with E-state index in [2.05, 4.69) is 33.2 Å². The molecule has 20 heavy (non-hydrogen) atoms. The molecule has 1 aromatic heterocycles. The van der Waals surface area contributed by atoms with E-state index in [0.29, 0.717) is 4.99 Å². The van der Waals surface area contributed by atoms with E-state index in [1.165, 1.54) is 4.88 Å². The van der Waals surface area contributed by atoms with Gasteiger partial charge in [-0.3, -0.25) is 0 Å². The van der Waals surface area contributed by atoms with Gasteiger partial charge in [0.25, 0.3) is 0 Å². The van der Waals surface area contributed by atoms with Crippen LogP contribution in [0.25, 0.3) is 0 Å². The average Bonchev–Trinajstić information content (AvgIpc) is 2.68. The molecular weight excluding hydrogens is 354 g/mol. The molecule has 1 atom stereocenters. The van der Waals surface area contributed by atoms with Crippen LogP contribution in [0.15, 0.2) is 22.7 Å². The first kappa shape index (κ1) is 15.4. The lowest BCUT2D eigenvalue weighted by Gasteiger charge is -2.17. The molecule has 0 radical (unpaired) electrons. The van der Waals surface area contributed by atoms with Gasteiger partial charge in [-0.1, -0.05) is 28.1 Å². The Morgan fingerprint density at radius 1 is 1.45 bits per heavy atom. The highest BCUT2D eigenvalue weighted by Crippen LogP contribution is 2.30. The Balaban J connectivity index is 2.32. The second-order valence-corrected chi connectivity index (χ2v) is 7.19. The molecule has 0 fully saturated rings. The van der Waals surface area contributed by atoms with Crippen LogP contribution in [0.3, 0.4) is 0 Å². The Kier molecular flexibility index (Phi) is 4.78. The number of thiocarbonyl (C=S) groups is 1. The fourth-order valence-corrected chi connectivity index (χ4v) is 3.57. The van der Waals surface area contributed by atoms with E-state index in [1.54, 1.807) is 11.3 Å². The summed E-state index contributed by atoms with van der Waals surface area (Å²) < 4.78 is 0.990. The number of nitrogens with one attached hydrogen (secondary N) is 1. The van der Waals surface area contributed by atoms with Crippen LogP contribution >= 0.6 is 39.5 Å². The first-order valence-electron chi connectivity index (χ1n) is 6.18. The van der Waals surface area contributed by atoms with Crippen molar-refractivity contribution in [3.63, 3.8) is 0 Å².